The smallest absolute Gasteiger partial charge is 0.291 e. The maximum Gasteiger partial charge on any atom is 0.291 e. The van der Waals surface area contributed by atoms with Gasteiger partial charge >= 0.3 is 0 Å². The van der Waals surface area contributed by atoms with E-state index in [0.29, 0.717) is 10.8 Å². The van der Waals surface area contributed by atoms with E-state index in [0.717, 1.165) is 24.2 Å². The molecule has 1 aromatic heterocycles. The van der Waals surface area contributed by atoms with Crippen molar-refractivity contribution >= 4 is 29.3 Å². The highest BCUT2D eigenvalue weighted by atomic mass is 35.5. The second-order valence-corrected chi connectivity index (χ2v) is 6.38. The predicted octanol–water partition coefficient (Wildman–Crippen LogP) is 2.99. The van der Waals surface area contributed by atoms with Crippen LogP contribution in [0.1, 0.15) is 41.4 Å². The number of amides is 1. The third-order valence-electron chi connectivity index (χ3n) is 3.39. The summed E-state index contributed by atoms with van der Waals surface area (Å²) in [6, 6.07) is 5.75. The molecule has 1 aliphatic rings. The van der Waals surface area contributed by atoms with Gasteiger partial charge in [-0.05, 0) is 30.2 Å². The van der Waals surface area contributed by atoms with E-state index in [1.165, 1.54) is 4.90 Å². The summed E-state index contributed by atoms with van der Waals surface area (Å²) in [5, 5.41) is 10.4. The third kappa shape index (κ3) is 3.06. The third-order valence-corrected chi connectivity index (χ3v) is 4.74. The van der Waals surface area contributed by atoms with Crippen molar-refractivity contribution in [2.75, 3.05) is 5.75 Å². The number of aromatic amines is 1. The number of aromatic nitrogens is 3. The maximum absolute atomic E-state index is 12.2. The zero-order valence-electron chi connectivity index (χ0n) is 11.5. The number of hydrogen-bond acceptors (Lipinski definition) is 4. The first-order chi connectivity index (χ1) is 10.2. The van der Waals surface area contributed by atoms with Crippen molar-refractivity contribution in [1.82, 2.24) is 20.5 Å². The zero-order chi connectivity index (χ0) is 14.8. The summed E-state index contributed by atoms with van der Waals surface area (Å²) in [7, 11) is 0. The number of hydrogen-bond donors (Lipinski definition) is 2. The molecular formula is C14H15ClN4OS. The van der Waals surface area contributed by atoms with E-state index >= 15 is 0 Å². The monoisotopic (exact) mass is 322 g/mol. The lowest BCUT2D eigenvalue weighted by molar-refractivity contribution is 0.0924. The van der Waals surface area contributed by atoms with E-state index in [1.807, 2.05) is 25.1 Å². The quantitative estimate of drug-likeness (QED) is 0.911. The molecule has 1 aromatic carbocycles. The first kappa shape index (κ1) is 14.4. The number of rotatable bonds is 3. The molecule has 0 spiro atoms. The molecule has 0 saturated heterocycles. The van der Waals surface area contributed by atoms with Crippen LogP contribution < -0.4 is 5.32 Å². The van der Waals surface area contributed by atoms with Crippen molar-refractivity contribution in [3.63, 3.8) is 0 Å². The Hall–Kier alpha value is -1.53. The van der Waals surface area contributed by atoms with Gasteiger partial charge in [0, 0.05) is 22.1 Å². The summed E-state index contributed by atoms with van der Waals surface area (Å²) in [5.74, 6) is 1.61. The molecule has 0 aliphatic carbocycles. The summed E-state index contributed by atoms with van der Waals surface area (Å²) in [5.41, 5.74) is 1.07. The van der Waals surface area contributed by atoms with Crippen molar-refractivity contribution in [3.8, 4) is 0 Å². The van der Waals surface area contributed by atoms with E-state index in [-0.39, 0.29) is 17.8 Å². The van der Waals surface area contributed by atoms with Gasteiger partial charge in [-0.2, -0.15) is 0 Å². The fraction of sp³-hybridized carbons (Fsp3) is 0.357. The topological polar surface area (TPSA) is 70.7 Å². The van der Waals surface area contributed by atoms with Crippen LogP contribution in [0, 0.1) is 0 Å². The lowest BCUT2D eigenvalue weighted by Gasteiger charge is -2.25. The van der Waals surface area contributed by atoms with Crippen LogP contribution in [0.4, 0.5) is 0 Å². The molecule has 1 atom stereocenters. The van der Waals surface area contributed by atoms with Gasteiger partial charge in [0.2, 0.25) is 5.82 Å². The molecule has 3 rings (SSSR count). The van der Waals surface area contributed by atoms with Gasteiger partial charge in [0.05, 0.1) is 6.04 Å². The summed E-state index contributed by atoms with van der Waals surface area (Å²) < 4.78 is 0. The molecule has 0 bridgehead atoms. The fourth-order valence-electron chi connectivity index (χ4n) is 2.29. The van der Waals surface area contributed by atoms with E-state index < -0.39 is 0 Å². The average molecular weight is 323 g/mol. The largest absolute Gasteiger partial charge is 0.342 e. The molecule has 1 unspecified atom stereocenters. The number of nitrogens with zero attached hydrogens (tertiary/aromatic N) is 2. The zero-order valence-corrected chi connectivity index (χ0v) is 13.1. The van der Waals surface area contributed by atoms with Gasteiger partial charge in [-0.15, -0.1) is 16.9 Å². The number of carbonyl (C=O) groups excluding carboxylic acids is 1. The Morgan fingerprint density at radius 1 is 1.57 bits per heavy atom. The molecule has 0 saturated carbocycles. The predicted molar refractivity (Wildman–Crippen MR) is 82.8 cm³/mol. The van der Waals surface area contributed by atoms with Crippen molar-refractivity contribution in [2.45, 2.75) is 30.7 Å². The van der Waals surface area contributed by atoms with Crippen molar-refractivity contribution in [1.29, 1.82) is 0 Å². The molecule has 0 fully saturated rings. The van der Waals surface area contributed by atoms with Crippen LogP contribution in [0.2, 0.25) is 5.02 Å². The molecule has 0 radical (unpaired) electrons. The number of aryl methyl sites for hydroxylation is 1. The minimum absolute atomic E-state index is 0.0453. The normalized spacial score (nSPS) is 17.3. The fourth-order valence-corrected chi connectivity index (χ4v) is 3.58. The standard InChI is InChI=1S/C14H15ClN4OS/c1-2-12-17-13(19-18-12)14(20)16-10-5-6-21-11-4-3-8(15)7-9(10)11/h3-4,7,10H,2,5-6H2,1H3,(H,16,20)(H,17,18,19). The number of H-pyrrole nitrogens is 1. The highest BCUT2D eigenvalue weighted by Gasteiger charge is 2.24. The molecule has 5 nitrogen and oxygen atoms in total. The molecule has 1 aliphatic heterocycles. The van der Waals surface area contributed by atoms with Crippen LogP contribution in [0.25, 0.3) is 0 Å². The molecule has 7 heteroatoms. The Bertz CT molecular complexity index is 673. The van der Waals surface area contributed by atoms with Gasteiger partial charge < -0.3 is 5.32 Å². The Morgan fingerprint density at radius 2 is 2.43 bits per heavy atom. The Labute approximate surface area is 131 Å². The molecule has 2 N–H and O–H groups in total. The van der Waals surface area contributed by atoms with E-state index in [2.05, 4.69) is 20.5 Å². The van der Waals surface area contributed by atoms with E-state index in [4.69, 9.17) is 11.6 Å². The molecule has 110 valence electrons. The van der Waals surface area contributed by atoms with E-state index in [9.17, 15) is 4.79 Å². The Balaban J connectivity index is 1.80. The molecule has 1 amide bonds. The van der Waals surface area contributed by atoms with Crippen molar-refractivity contribution in [2.24, 2.45) is 0 Å². The number of carbonyl (C=O) groups is 1. The summed E-state index contributed by atoms with van der Waals surface area (Å²) >= 11 is 7.85. The van der Waals surface area contributed by atoms with Gasteiger partial charge in [-0.25, -0.2) is 4.98 Å². The Morgan fingerprint density at radius 3 is 3.19 bits per heavy atom. The van der Waals surface area contributed by atoms with Gasteiger partial charge in [-0.3, -0.25) is 9.89 Å². The van der Waals surface area contributed by atoms with Crippen LogP contribution >= 0.6 is 23.4 Å². The van der Waals surface area contributed by atoms with Crippen LogP contribution in [0.5, 0.6) is 0 Å². The van der Waals surface area contributed by atoms with Gasteiger partial charge in [0.1, 0.15) is 5.82 Å². The van der Waals surface area contributed by atoms with Crippen LogP contribution in [-0.4, -0.2) is 26.8 Å². The number of benzene rings is 1. The summed E-state index contributed by atoms with van der Waals surface area (Å²) in [6.07, 6.45) is 1.59. The average Bonchev–Trinajstić information content (AvgIpc) is 2.97. The molecule has 21 heavy (non-hydrogen) atoms. The van der Waals surface area contributed by atoms with Gasteiger partial charge in [0.15, 0.2) is 0 Å². The first-order valence-electron chi connectivity index (χ1n) is 6.81. The minimum Gasteiger partial charge on any atom is -0.342 e. The summed E-state index contributed by atoms with van der Waals surface area (Å²) in [6.45, 7) is 1.96. The SMILES string of the molecule is CCc1nc(C(=O)NC2CCSc3ccc(Cl)cc32)n[nH]1. The van der Waals surface area contributed by atoms with E-state index in [1.54, 1.807) is 11.8 Å². The lowest BCUT2D eigenvalue weighted by atomic mass is 10.0. The van der Waals surface area contributed by atoms with Crippen LogP contribution in [0.15, 0.2) is 23.1 Å². The first-order valence-corrected chi connectivity index (χ1v) is 8.18. The highest BCUT2D eigenvalue weighted by molar-refractivity contribution is 7.99. The molecule has 2 heterocycles. The summed E-state index contributed by atoms with van der Waals surface area (Å²) in [4.78, 5) is 17.6. The Kier molecular flexibility index (Phi) is 4.17. The van der Waals surface area contributed by atoms with Gasteiger partial charge in [-0.1, -0.05) is 18.5 Å². The van der Waals surface area contributed by atoms with Crippen molar-refractivity contribution in [3.05, 3.63) is 40.4 Å². The lowest BCUT2D eigenvalue weighted by Crippen LogP contribution is -2.31. The van der Waals surface area contributed by atoms with Gasteiger partial charge in [0.25, 0.3) is 5.91 Å². The van der Waals surface area contributed by atoms with Crippen LogP contribution in [0.3, 0.4) is 0 Å². The highest BCUT2D eigenvalue weighted by Crippen LogP contribution is 2.37. The number of thioether (sulfide) groups is 1. The number of nitrogens with one attached hydrogen (secondary N) is 2. The second-order valence-electron chi connectivity index (χ2n) is 4.80. The van der Waals surface area contributed by atoms with Crippen molar-refractivity contribution < 1.29 is 4.79 Å². The minimum atomic E-state index is -0.256. The van der Waals surface area contributed by atoms with Crippen LogP contribution in [-0.2, 0) is 6.42 Å². The maximum atomic E-state index is 12.2. The molecule has 2 aromatic rings. The molecular weight excluding hydrogens is 308 g/mol. The second kappa shape index (κ2) is 6.07. The number of fused-ring (bicyclic) bond motifs is 1. The number of halogens is 1.